The van der Waals surface area contributed by atoms with E-state index in [0.717, 1.165) is 44.8 Å². The molecule has 3 rings (SSSR count). The van der Waals surface area contributed by atoms with Gasteiger partial charge in [-0.25, -0.2) is 13.1 Å². The number of sulfonamides is 1. The lowest BCUT2D eigenvalue weighted by atomic mass is 9.86. The fraction of sp³-hybridized carbons (Fsp3) is 0.947. The largest absolute Gasteiger partial charge is 0.355 e. The van der Waals surface area contributed by atoms with Crippen LogP contribution in [0, 0.1) is 5.92 Å². The van der Waals surface area contributed by atoms with Crippen LogP contribution in [0.25, 0.3) is 0 Å². The fourth-order valence-electron chi connectivity index (χ4n) is 4.38. The van der Waals surface area contributed by atoms with Crippen molar-refractivity contribution in [1.82, 2.24) is 20.3 Å². The zero-order valence-electron chi connectivity index (χ0n) is 17.2. The van der Waals surface area contributed by atoms with Gasteiger partial charge < -0.3 is 15.5 Å². The Morgan fingerprint density at radius 3 is 2.29 bits per heavy atom. The van der Waals surface area contributed by atoms with Gasteiger partial charge in [-0.3, -0.25) is 4.99 Å². The Balaban J connectivity index is 0.00000280. The van der Waals surface area contributed by atoms with E-state index in [1.807, 2.05) is 0 Å². The van der Waals surface area contributed by atoms with E-state index in [0.29, 0.717) is 31.0 Å². The number of aliphatic imine (C=N–C) groups is 1. The molecule has 0 amide bonds. The molecule has 9 heteroatoms. The van der Waals surface area contributed by atoms with Crippen molar-refractivity contribution in [3.8, 4) is 0 Å². The molecule has 28 heavy (non-hydrogen) atoms. The normalized spacial score (nSPS) is 23.2. The van der Waals surface area contributed by atoms with Crippen LogP contribution in [0.15, 0.2) is 4.99 Å². The van der Waals surface area contributed by atoms with Crippen molar-refractivity contribution in [1.29, 1.82) is 0 Å². The van der Waals surface area contributed by atoms with Crippen LogP contribution in [0.4, 0.5) is 0 Å². The number of halogens is 1. The molecule has 0 unspecified atom stereocenters. The van der Waals surface area contributed by atoms with Gasteiger partial charge in [-0.15, -0.1) is 24.0 Å². The van der Waals surface area contributed by atoms with Crippen molar-refractivity contribution in [2.45, 2.75) is 69.9 Å². The number of hydrogen-bond donors (Lipinski definition) is 3. The SMILES string of the molecule is CN=C(NCCS(=O)(=O)NCC1CCC1)NC1CCN(C2CCCC2)CC1.I. The average molecular weight is 528 g/mol. The van der Waals surface area contributed by atoms with E-state index in [2.05, 4.69) is 25.2 Å². The van der Waals surface area contributed by atoms with Crippen LogP contribution in [-0.2, 0) is 10.0 Å². The molecular formula is C19H38IN5O2S. The molecule has 0 atom stereocenters. The third kappa shape index (κ3) is 7.60. The van der Waals surface area contributed by atoms with Crippen molar-refractivity contribution in [3.63, 3.8) is 0 Å². The summed E-state index contributed by atoms with van der Waals surface area (Å²) in [7, 11) is -1.47. The quantitative estimate of drug-likeness (QED) is 0.255. The standard InChI is InChI=1S/C19H37N5O2S.HI/c1-20-19(21-11-14-27(25,26)22-15-16-5-4-6-16)23-17-9-12-24(13-10-17)18-7-2-3-8-18;/h16-18,22H,2-15H2,1H3,(H2,20,21,23);1H. The van der Waals surface area contributed by atoms with Crippen molar-refractivity contribution in [2.75, 3.05) is 39.0 Å². The van der Waals surface area contributed by atoms with Crippen molar-refractivity contribution in [2.24, 2.45) is 10.9 Å². The smallest absolute Gasteiger partial charge is 0.213 e. The summed E-state index contributed by atoms with van der Waals surface area (Å²) in [6, 6.07) is 1.23. The maximum absolute atomic E-state index is 12.1. The summed E-state index contributed by atoms with van der Waals surface area (Å²) >= 11 is 0. The van der Waals surface area contributed by atoms with Gasteiger partial charge in [0.2, 0.25) is 10.0 Å². The first kappa shape index (κ1) is 24.1. The van der Waals surface area contributed by atoms with Crippen LogP contribution >= 0.6 is 24.0 Å². The lowest BCUT2D eigenvalue weighted by Crippen LogP contribution is -2.51. The van der Waals surface area contributed by atoms with Gasteiger partial charge in [0.05, 0.1) is 5.75 Å². The Bertz CT molecular complexity index is 583. The summed E-state index contributed by atoms with van der Waals surface area (Å²) < 4.78 is 26.9. The molecule has 0 aromatic heterocycles. The van der Waals surface area contributed by atoms with Crippen molar-refractivity contribution >= 4 is 40.0 Å². The van der Waals surface area contributed by atoms with E-state index >= 15 is 0 Å². The van der Waals surface area contributed by atoms with Gasteiger partial charge in [0.1, 0.15) is 0 Å². The summed E-state index contributed by atoms with van der Waals surface area (Å²) in [5.74, 6) is 1.33. The first-order chi connectivity index (χ1) is 13.1. The van der Waals surface area contributed by atoms with Crippen LogP contribution in [0.2, 0.25) is 0 Å². The lowest BCUT2D eigenvalue weighted by Gasteiger charge is -2.36. The second-order valence-corrected chi connectivity index (χ2v) is 10.3. The molecule has 1 saturated heterocycles. The highest BCUT2D eigenvalue weighted by Gasteiger charge is 2.27. The Morgan fingerprint density at radius 2 is 1.71 bits per heavy atom. The number of rotatable bonds is 8. The minimum Gasteiger partial charge on any atom is -0.355 e. The molecule has 0 aromatic carbocycles. The summed E-state index contributed by atoms with van der Waals surface area (Å²) in [5.41, 5.74) is 0. The van der Waals surface area contributed by atoms with Gasteiger partial charge in [-0.05, 0) is 44.4 Å². The maximum Gasteiger partial charge on any atom is 0.213 e. The Kier molecular flexibility index (Phi) is 10.3. The maximum atomic E-state index is 12.1. The summed E-state index contributed by atoms with van der Waals surface area (Å²) in [4.78, 5) is 6.91. The van der Waals surface area contributed by atoms with Gasteiger partial charge in [0.25, 0.3) is 0 Å². The number of nitrogens with one attached hydrogen (secondary N) is 3. The Labute approximate surface area is 188 Å². The second-order valence-electron chi connectivity index (χ2n) is 8.36. The van der Waals surface area contributed by atoms with E-state index in [1.54, 1.807) is 7.05 Å². The van der Waals surface area contributed by atoms with Gasteiger partial charge >= 0.3 is 0 Å². The molecule has 3 aliphatic rings. The Morgan fingerprint density at radius 1 is 1.04 bits per heavy atom. The first-order valence-corrected chi connectivity index (χ1v) is 12.4. The average Bonchev–Trinajstić information content (AvgIpc) is 3.14. The molecule has 0 bridgehead atoms. The number of guanidine groups is 1. The topological polar surface area (TPSA) is 85.8 Å². The first-order valence-electron chi connectivity index (χ1n) is 10.7. The summed E-state index contributed by atoms with van der Waals surface area (Å²) in [6.07, 6.45) is 11.3. The van der Waals surface area contributed by atoms with Crippen LogP contribution in [0.1, 0.15) is 57.8 Å². The summed E-state index contributed by atoms with van der Waals surface area (Å²) in [5, 5.41) is 6.63. The minimum absolute atomic E-state index is 0. The molecule has 1 aliphatic heterocycles. The molecular weight excluding hydrogens is 489 g/mol. The van der Waals surface area contributed by atoms with Gasteiger partial charge in [-0.2, -0.15) is 0 Å². The highest BCUT2D eigenvalue weighted by molar-refractivity contribution is 14.0. The third-order valence-electron chi connectivity index (χ3n) is 6.41. The highest BCUT2D eigenvalue weighted by Crippen LogP contribution is 2.26. The third-order valence-corrected chi connectivity index (χ3v) is 7.76. The van der Waals surface area contributed by atoms with Crippen LogP contribution in [0.3, 0.4) is 0 Å². The van der Waals surface area contributed by atoms with Gasteiger partial charge in [-0.1, -0.05) is 19.3 Å². The van der Waals surface area contributed by atoms with E-state index in [4.69, 9.17) is 0 Å². The number of hydrogen-bond acceptors (Lipinski definition) is 4. The number of piperidine rings is 1. The highest BCUT2D eigenvalue weighted by atomic mass is 127. The van der Waals surface area contributed by atoms with Crippen LogP contribution < -0.4 is 15.4 Å². The number of nitrogens with zero attached hydrogens (tertiary/aromatic N) is 2. The van der Waals surface area contributed by atoms with E-state index in [9.17, 15) is 8.42 Å². The van der Waals surface area contributed by atoms with Crippen molar-refractivity contribution < 1.29 is 8.42 Å². The molecule has 1 heterocycles. The molecule has 2 aliphatic carbocycles. The molecule has 0 aromatic rings. The zero-order valence-corrected chi connectivity index (χ0v) is 20.3. The number of likely N-dealkylation sites (tertiary alicyclic amines) is 1. The second kappa shape index (κ2) is 11.9. The molecule has 3 N–H and O–H groups in total. The molecule has 2 saturated carbocycles. The monoisotopic (exact) mass is 527 g/mol. The van der Waals surface area contributed by atoms with E-state index in [1.165, 1.54) is 32.1 Å². The van der Waals surface area contributed by atoms with Crippen LogP contribution in [-0.4, -0.2) is 70.3 Å². The van der Waals surface area contributed by atoms with Crippen LogP contribution in [0.5, 0.6) is 0 Å². The predicted octanol–water partition coefficient (Wildman–Crippen LogP) is 1.90. The molecule has 0 spiro atoms. The van der Waals surface area contributed by atoms with Gasteiger partial charge in [0.15, 0.2) is 5.96 Å². The molecule has 0 radical (unpaired) electrons. The summed E-state index contributed by atoms with van der Waals surface area (Å²) in [6.45, 7) is 3.27. The lowest BCUT2D eigenvalue weighted by molar-refractivity contribution is 0.150. The molecule has 7 nitrogen and oxygen atoms in total. The Hall–Kier alpha value is -0.130. The van der Waals surface area contributed by atoms with E-state index < -0.39 is 10.0 Å². The van der Waals surface area contributed by atoms with E-state index in [-0.39, 0.29) is 29.7 Å². The molecule has 3 fully saturated rings. The van der Waals surface area contributed by atoms with Crippen molar-refractivity contribution in [3.05, 3.63) is 0 Å². The fourth-order valence-corrected chi connectivity index (χ4v) is 5.39. The zero-order chi connectivity index (χ0) is 19.1. The van der Waals surface area contributed by atoms with Gasteiger partial charge in [0, 0.05) is 45.3 Å². The molecule has 164 valence electrons. The minimum atomic E-state index is -3.21. The predicted molar refractivity (Wildman–Crippen MR) is 126 cm³/mol.